The lowest BCUT2D eigenvalue weighted by Gasteiger charge is -2.29. The van der Waals surface area contributed by atoms with Crippen LogP contribution in [-0.4, -0.2) is 45.2 Å². The average molecular weight is 294 g/mol. The highest BCUT2D eigenvalue weighted by Crippen LogP contribution is 2.25. The molecule has 0 aliphatic carbocycles. The highest BCUT2D eigenvalue weighted by atomic mass is 16.5. The molecule has 1 aromatic carbocycles. The zero-order valence-corrected chi connectivity index (χ0v) is 13.6. The molecule has 0 fully saturated rings. The van der Waals surface area contributed by atoms with Crippen molar-refractivity contribution >= 4 is 5.91 Å². The Morgan fingerprint density at radius 3 is 2.48 bits per heavy atom. The van der Waals surface area contributed by atoms with Crippen LogP contribution in [-0.2, 0) is 11.2 Å². The van der Waals surface area contributed by atoms with Gasteiger partial charge in [0.1, 0.15) is 11.5 Å². The Balaban J connectivity index is 2.82. The largest absolute Gasteiger partial charge is 0.497 e. The molecule has 1 aromatic rings. The summed E-state index contributed by atoms with van der Waals surface area (Å²) in [6, 6.07) is 5.46. The van der Waals surface area contributed by atoms with Crippen LogP contribution in [0.25, 0.3) is 0 Å². The first-order valence-corrected chi connectivity index (χ1v) is 6.98. The first-order chi connectivity index (χ1) is 9.82. The van der Waals surface area contributed by atoms with Crippen LogP contribution in [0, 0.1) is 5.41 Å². The molecule has 0 aromatic heterocycles. The monoisotopic (exact) mass is 294 g/mol. The van der Waals surface area contributed by atoms with Crippen molar-refractivity contribution in [2.24, 2.45) is 11.1 Å². The summed E-state index contributed by atoms with van der Waals surface area (Å²) in [5.74, 6) is 1.43. The van der Waals surface area contributed by atoms with Gasteiger partial charge in [0.2, 0.25) is 5.91 Å². The second-order valence-electron chi connectivity index (χ2n) is 5.97. The van der Waals surface area contributed by atoms with Crippen LogP contribution < -0.4 is 15.2 Å². The van der Waals surface area contributed by atoms with Crippen molar-refractivity contribution in [1.29, 1.82) is 0 Å². The molecule has 1 rings (SSSR count). The van der Waals surface area contributed by atoms with E-state index in [-0.39, 0.29) is 17.7 Å². The topological polar surface area (TPSA) is 64.8 Å². The van der Waals surface area contributed by atoms with E-state index in [0.717, 1.165) is 5.56 Å². The summed E-state index contributed by atoms with van der Waals surface area (Å²) in [6.45, 7) is 5.24. The van der Waals surface area contributed by atoms with Crippen LogP contribution in [0.1, 0.15) is 19.4 Å². The summed E-state index contributed by atoms with van der Waals surface area (Å²) in [5.41, 5.74) is 6.44. The van der Waals surface area contributed by atoms with Gasteiger partial charge < -0.3 is 20.1 Å². The van der Waals surface area contributed by atoms with Gasteiger partial charge in [0, 0.05) is 19.2 Å². The first kappa shape index (κ1) is 17.3. The number of hydrogen-bond acceptors (Lipinski definition) is 4. The Morgan fingerprint density at radius 2 is 1.95 bits per heavy atom. The molecule has 5 nitrogen and oxygen atoms in total. The lowest BCUT2D eigenvalue weighted by Crippen LogP contribution is -2.40. The molecule has 118 valence electrons. The van der Waals surface area contributed by atoms with Gasteiger partial charge in [0.15, 0.2) is 0 Å². The number of amides is 1. The van der Waals surface area contributed by atoms with Gasteiger partial charge in [0.25, 0.3) is 0 Å². The minimum Gasteiger partial charge on any atom is -0.497 e. The third kappa shape index (κ3) is 4.93. The standard InChI is InChI=1S/C16H26N2O3/c1-16(2,10-17)11-18(3)15(19)9-12-8-13(20-4)6-7-14(12)21-5/h6-8H,9-11,17H2,1-5H3. The van der Waals surface area contributed by atoms with Crippen molar-refractivity contribution in [3.8, 4) is 11.5 Å². The van der Waals surface area contributed by atoms with Crippen LogP contribution in [0.15, 0.2) is 18.2 Å². The molecule has 2 N–H and O–H groups in total. The van der Waals surface area contributed by atoms with Gasteiger partial charge in [-0.2, -0.15) is 0 Å². The van der Waals surface area contributed by atoms with E-state index in [1.165, 1.54) is 0 Å². The molecule has 0 saturated carbocycles. The number of rotatable bonds is 7. The van der Waals surface area contributed by atoms with Gasteiger partial charge in [0.05, 0.1) is 20.6 Å². The Bertz CT molecular complexity index is 486. The van der Waals surface area contributed by atoms with Crippen molar-refractivity contribution in [2.75, 3.05) is 34.4 Å². The second kappa shape index (κ2) is 7.31. The molecule has 0 atom stereocenters. The third-order valence-corrected chi connectivity index (χ3v) is 3.47. The van der Waals surface area contributed by atoms with Gasteiger partial charge in [-0.25, -0.2) is 0 Å². The van der Waals surface area contributed by atoms with E-state index in [0.29, 0.717) is 24.6 Å². The predicted octanol–water partition coefficient (Wildman–Crippen LogP) is 1.69. The molecule has 0 unspecified atom stereocenters. The van der Waals surface area contributed by atoms with Crippen molar-refractivity contribution in [2.45, 2.75) is 20.3 Å². The fraction of sp³-hybridized carbons (Fsp3) is 0.562. The SMILES string of the molecule is COc1ccc(OC)c(CC(=O)N(C)CC(C)(C)CN)c1. The molecular formula is C16H26N2O3. The maximum absolute atomic E-state index is 12.4. The summed E-state index contributed by atoms with van der Waals surface area (Å²) in [6.07, 6.45) is 0.275. The number of carbonyl (C=O) groups excluding carboxylic acids is 1. The van der Waals surface area contributed by atoms with Crippen molar-refractivity contribution in [3.63, 3.8) is 0 Å². The number of likely N-dealkylation sites (N-methyl/N-ethyl adjacent to an activating group) is 1. The second-order valence-corrected chi connectivity index (χ2v) is 5.97. The van der Waals surface area contributed by atoms with Crippen LogP contribution in [0.3, 0.4) is 0 Å². The molecular weight excluding hydrogens is 268 g/mol. The molecule has 0 aliphatic rings. The maximum atomic E-state index is 12.4. The Hall–Kier alpha value is -1.75. The molecule has 0 radical (unpaired) electrons. The van der Waals surface area contributed by atoms with Crippen LogP contribution in [0.2, 0.25) is 0 Å². The fourth-order valence-electron chi connectivity index (χ4n) is 2.11. The van der Waals surface area contributed by atoms with E-state index in [9.17, 15) is 4.79 Å². The number of carbonyl (C=O) groups is 1. The number of methoxy groups -OCH3 is 2. The summed E-state index contributed by atoms with van der Waals surface area (Å²) < 4.78 is 10.5. The zero-order valence-electron chi connectivity index (χ0n) is 13.6. The molecule has 5 heteroatoms. The lowest BCUT2D eigenvalue weighted by atomic mass is 9.93. The molecule has 0 saturated heterocycles. The minimum atomic E-state index is -0.0944. The molecule has 0 spiro atoms. The van der Waals surface area contributed by atoms with Crippen LogP contribution in [0.5, 0.6) is 11.5 Å². The first-order valence-electron chi connectivity index (χ1n) is 6.98. The normalized spacial score (nSPS) is 11.1. The molecule has 0 aliphatic heterocycles. The highest BCUT2D eigenvalue weighted by Gasteiger charge is 2.22. The van der Waals surface area contributed by atoms with Gasteiger partial charge >= 0.3 is 0 Å². The van der Waals surface area contributed by atoms with Gasteiger partial charge in [-0.3, -0.25) is 4.79 Å². The van der Waals surface area contributed by atoms with E-state index in [1.807, 2.05) is 32.0 Å². The van der Waals surface area contributed by atoms with E-state index >= 15 is 0 Å². The Labute approximate surface area is 127 Å². The highest BCUT2D eigenvalue weighted by molar-refractivity contribution is 5.79. The van der Waals surface area contributed by atoms with Gasteiger partial charge in [-0.1, -0.05) is 13.8 Å². The number of nitrogens with zero attached hydrogens (tertiary/aromatic N) is 1. The van der Waals surface area contributed by atoms with E-state index in [2.05, 4.69) is 0 Å². The third-order valence-electron chi connectivity index (χ3n) is 3.47. The predicted molar refractivity (Wildman–Crippen MR) is 83.7 cm³/mol. The minimum absolute atomic E-state index is 0.0306. The molecule has 0 heterocycles. The summed E-state index contributed by atoms with van der Waals surface area (Å²) in [5, 5.41) is 0. The van der Waals surface area contributed by atoms with Crippen molar-refractivity contribution < 1.29 is 14.3 Å². The summed E-state index contributed by atoms with van der Waals surface area (Å²) in [7, 11) is 4.99. The van der Waals surface area contributed by atoms with E-state index in [4.69, 9.17) is 15.2 Å². The van der Waals surface area contributed by atoms with Crippen molar-refractivity contribution in [1.82, 2.24) is 4.90 Å². The number of ether oxygens (including phenoxy) is 2. The van der Waals surface area contributed by atoms with Gasteiger partial charge in [-0.15, -0.1) is 0 Å². The quantitative estimate of drug-likeness (QED) is 0.831. The zero-order chi connectivity index (χ0) is 16.0. The average Bonchev–Trinajstić information content (AvgIpc) is 2.46. The molecule has 21 heavy (non-hydrogen) atoms. The molecule has 1 amide bonds. The number of benzene rings is 1. The smallest absolute Gasteiger partial charge is 0.226 e. The van der Waals surface area contributed by atoms with Gasteiger partial charge in [-0.05, 0) is 30.2 Å². The number of hydrogen-bond donors (Lipinski definition) is 1. The molecule has 0 bridgehead atoms. The van der Waals surface area contributed by atoms with E-state index in [1.54, 1.807) is 26.2 Å². The van der Waals surface area contributed by atoms with Crippen LogP contribution >= 0.6 is 0 Å². The lowest BCUT2D eigenvalue weighted by molar-refractivity contribution is -0.130. The Morgan fingerprint density at radius 1 is 1.29 bits per heavy atom. The Kier molecular flexibility index (Phi) is 6.03. The van der Waals surface area contributed by atoms with Crippen LogP contribution in [0.4, 0.5) is 0 Å². The fourth-order valence-corrected chi connectivity index (χ4v) is 2.11. The van der Waals surface area contributed by atoms with Crippen molar-refractivity contribution in [3.05, 3.63) is 23.8 Å². The van der Waals surface area contributed by atoms with E-state index < -0.39 is 0 Å². The summed E-state index contributed by atoms with van der Waals surface area (Å²) in [4.78, 5) is 14.1. The maximum Gasteiger partial charge on any atom is 0.226 e. The number of nitrogens with two attached hydrogens (primary N) is 1. The summed E-state index contributed by atoms with van der Waals surface area (Å²) >= 11 is 0.